The summed E-state index contributed by atoms with van der Waals surface area (Å²) in [6, 6.07) is 3.74. The summed E-state index contributed by atoms with van der Waals surface area (Å²) in [5.74, 6) is -1.46. The molecule has 1 unspecified atom stereocenters. The second kappa shape index (κ2) is 8.24. The van der Waals surface area contributed by atoms with Gasteiger partial charge in [0.25, 0.3) is 0 Å². The molecule has 0 aliphatic rings. The fourth-order valence-electron chi connectivity index (χ4n) is 1.79. The number of carbonyl (C=O) groups is 2. The van der Waals surface area contributed by atoms with Crippen molar-refractivity contribution in [3.63, 3.8) is 0 Å². The number of rotatable bonds is 8. The molecule has 1 heterocycles. The summed E-state index contributed by atoms with van der Waals surface area (Å²) in [5.41, 5.74) is 1.00. The van der Waals surface area contributed by atoms with E-state index in [-0.39, 0.29) is 12.5 Å². The summed E-state index contributed by atoms with van der Waals surface area (Å²) in [4.78, 5) is 26.5. The Morgan fingerprint density at radius 1 is 1.47 bits per heavy atom. The van der Waals surface area contributed by atoms with Crippen molar-refractivity contribution in [1.29, 1.82) is 0 Å². The van der Waals surface area contributed by atoms with E-state index >= 15 is 0 Å². The largest absolute Gasteiger partial charge is 0.481 e. The van der Waals surface area contributed by atoms with Gasteiger partial charge in [0.05, 0.1) is 5.92 Å². The van der Waals surface area contributed by atoms with Crippen molar-refractivity contribution in [1.82, 2.24) is 10.3 Å². The van der Waals surface area contributed by atoms with Crippen molar-refractivity contribution < 1.29 is 14.7 Å². The fraction of sp³-hybridized carbons (Fsp3) is 0.500. The molecule has 104 valence electrons. The first-order chi connectivity index (χ1) is 9.13. The van der Waals surface area contributed by atoms with Crippen molar-refractivity contribution in [3.8, 4) is 0 Å². The number of carboxylic acid groups (broad SMARTS) is 1. The van der Waals surface area contributed by atoms with Gasteiger partial charge in [0.2, 0.25) is 5.91 Å². The monoisotopic (exact) mass is 264 g/mol. The van der Waals surface area contributed by atoms with Crippen LogP contribution < -0.4 is 5.32 Å². The zero-order valence-corrected chi connectivity index (χ0v) is 11.1. The van der Waals surface area contributed by atoms with E-state index in [2.05, 4.69) is 10.3 Å². The normalized spacial score (nSPS) is 11.8. The molecule has 0 aromatic carbocycles. The molecule has 1 aromatic heterocycles. The van der Waals surface area contributed by atoms with Crippen molar-refractivity contribution in [2.24, 2.45) is 5.92 Å². The lowest BCUT2D eigenvalue weighted by Crippen LogP contribution is -2.33. The van der Waals surface area contributed by atoms with E-state index in [9.17, 15) is 9.59 Å². The maximum Gasteiger partial charge on any atom is 0.308 e. The van der Waals surface area contributed by atoms with Gasteiger partial charge in [0.1, 0.15) is 0 Å². The summed E-state index contributed by atoms with van der Waals surface area (Å²) in [6.07, 6.45) is 5.76. The number of amides is 1. The molecule has 0 fully saturated rings. The van der Waals surface area contributed by atoms with Crippen LogP contribution in [0.15, 0.2) is 24.5 Å². The first-order valence-corrected chi connectivity index (χ1v) is 6.52. The summed E-state index contributed by atoms with van der Waals surface area (Å²) >= 11 is 0. The summed E-state index contributed by atoms with van der Waals surface area (Å²) < 4.78 is 0. The zero-order valence-electron chi connectivity index (χ0n) is 11.1. The molecule has 5 heteroatoms. The molecular formula is C14H20N2O3. The number of carboxylic acids is 1. The smallest absolute Gasteiger partial charge is 0.308 e. The number of aliphatic carboxylic acids is 1. The van der Waals surface area contributed by atoms with Gasteiger partial charge in [-0.1, -0.05) is 19.4 Å². The molecule has 1 atom stereocenters. The minimum Gasteiger partial charge on any atom is -0.481 e. The summed E-state index contributed by atoms with van der Waals surface area (Å²) in [7, 11) is 0. The van der Waals surface area contributed by atoms with Crippen LogP contribution in [0, 0.1) is 5.92 Å². The van der Waals surface area contributed by atoms with Crippen LogP contribution in [-0.2, 0) is 16.0 Å². The maximum absolute atomic E-state index is 11.6. The summed E-state index contributed by atoms with van der Waals surface area (Å²) in [6.45, 7) is 2.13. The third kappa shape index (κ3) is 5.99. The van der Waals surface area contributed by atoms with Crippen LogP contribution in [0.25, 0.3) is 0 Å². The van der Waals surface area contributed by atoms with Gasteiger partial charge in [-0.15, -0.1) is 0 Å². The van der Waals surface area contributed by atoms with E-state index in [1.165, 1.54) is 0 Å². The molecule has 0 radical (unpaired) electrons. The summed E-state index contributed by atoms with van der Waals surface area (Å²) in [5, 5.41) is 11.6. The van der Waals surface area contributed by atoms with Crippen molar-refractivity contribution >= 4 is 11.9 Å². The quantitative estimate of drug-likeness (QED) is 0.748. The van der Waals surface area contributed by atoms with E-state index in [1.54, 1.807) is 12.4 Å². The highest BCUT2D eigenvalue weighted by molar-refractivity contribution is 5.77. The van der Waals surface area contributed by atoms with E-state index in [4.69, 9.17) is 5.11 Å². The average molecular weight is 264 g/mol. The Balaban J connectivity index is 2.29. The number of nitrogens with one attached hydrogen (secondary N) is 1. The van der Waals surface area contributed by atoms with Gasteiger partial charge in [-0.05, 0) is 24.5 Å². The molecule has 5 nitrogen and oxygen atoms in total. The molecule has 0 bridgehead atoms. The van der Waals surface area contributed by atoms with Crippen LogP contribution in [-0.4, -0.2) is 28.5 Å². The number of pyridine rings is 1. The van der Waals surface area contributed by atoms with E-state index < -0.39 is 11.9 Å². The van der Waals surface area contributed by atoms with Gasteiger partial charge in [-0.2, -0.15) is 0 Å². The lowest BCUT2D eigenvalue weighted by atomic mass is 10.0. The van der Waals surface area contributed by atoms with Gasteiger partial charge in [-0.3, -0.25) is 14.6 Å². The first kappa shape index (κ1) is 15.1. The van der Waals surface area contributed by atoms with E-state index in [0.29, 0.717) is 19.3 Å². The van der Waals surface area contributed by atoms with Gasteiger partial charge >= 0.3 is 5.97 Å². The fourth-order valence-corrected chi connectivity index (χ4v) is 1.79. The van der Waals surface area contributed by atoms with Crippen LogP contribution in [0.2, 0.25) is 0 Å². The van der Waals surface area contributed by atoms with Crippen LogP contribution in [0.5, 0.6) is 0 Å². The van der Waals surface area contributed by atoms with E-state index in [1.807, 2.05) is 19.1 Å². The highest BCUT2D eigenvalue weighted by Crippen LogP contribution is 2.05. The van der Waals surface area contributed by atoms with Crippen LogP contribution in [0.4, 0.5) is 0 Å². The third-order valence-electron chi connectivity index (χ3n) is 2.90. The topological polar surface area (TPSA) is 79.3 Å². The Labute approximate surface area is 113 Å². The molecule has 0 spiro atoms. The molecule has 2 N–H and O–H groups in total. The third-order valence-corrected chi connectivity index (χ3v) is 2.90. The molecule has 0 aliphatic heterocycles. The standard InChI is InChI=1S/C14H20N2O3/c1-2-4-12(14(18)19)10-16-13(17)7-6-11-5-3-8-15-9-11/h3,5,8-9,12H,2,4,6-7,10H2,1H3,(H,16,17)(H,18,19). The molecule has 0 aliphatic carbocycles. The lowest BCUT2D eigenvalue weighted by Gasteiger charge is -2.12. The number of aromatic nitrogens is 1. The molecular weight excluding hydrogens is 244 g/mol. The van der Waals surface area contributed by atoms with Crippen molar-refractivity contribution in [2.75, 3.05) is 6.54 Å². The van der Waals surface area contributed by atoms with E-state index in [0.717, 1.165) is 12.0 Å². The van der Waals surface area contributed by atoms with Crippen LogP contribution in [0.1, 0.15) is 31.7 Å². The number of aryl methyl sites for hydroxylation is 1. The van der Waals surface area contributed by atoms with Gasteiger partial charge < -0.3 is 10.4 Å². The number of hydrogen-bond donors (Lipinski definition) is 2. The molecule has 0 saturated heterocycles. The highest BCUT2D eigenvalue weighted by atomic mass is 16.4. The highest BCUT2D eigenvalue weighted by Gasteiger charge is 2.16. The average Bonchev–Trinajstić information content (AvgIpc) is 2.42. The Morgan fingerprint density at radius 3 is 2.84 bits per heavy atom. The molecule has 0 saturated carbocycles. The predicted molar refractivity (Wildman–Crippen MR) is 71.6 cm³/mol. The van der Waals surface area contributed by atoms with Gasteiger partial charge in [-0.25, -0.2) is 0 Å². The number of hydrogen-bond acceptors (Lipinski definition) is 3. The molecule has 1 aromatic rings. The van der Waals surface area contributed by atoms with Crippen molar-refractivity contribution in [2.45, 2.75) is 32.6 Å². The number of nitrogens with zero attached hydrogens (tertiary/aromatic N) is 1. The second-order valence-corrected chi connectivity index (χ2v) is 4.49. The minimum absolute atomic E-state index is 0.119. The molecule has 19 heavy (non-hydrogen) atoms. The van der Waals surface area contributed by atoms with Gasteiger partial charge in [0.15, 0.2) is 0 Å². The Hall–Kier alpha value is -1.91. The Morgan fingerprint density at radius 2 is 2.26 bits per heavy atom. The SMILES string of the molecule is CCCC(CNC(=O)CCc1cccnc1)C(=O)O. The predicted octanol–water partition coefficient (Wildman–Crippen LogP) is 1.63. The Bertz CT molecular complexity index is 406. The van der Waals surface area contributed by atoms with Crippen molar-refractivity contribution in [3.05, 3.63) is 30.1 Å². The maximum atomic E-state index is 11.6. The molecule has 1 amide bonds. The lowest BCUT2D eigenvalue weighted by molar-refractivity contribution is -0.141. The van der Waals surface area contributed by atoms with Gasteiger partial charge in [0, 0.05) is 25.4 Å². The second-order valence-electron chi connectivity index (χ2n) is 4.49. The van der Waals surface area contributed by atoms with Crippen LogP contribution >= 0.6 is 0 Å². The Kier molecular flexibility index (Phi) is 6.57. The molecule has 1 rings (SSSR count). The number of carbonyl (C=O) groups excluding carboxylic acids is 1. The zero-order chi connectivity index (χ0) is 14.1. The van der Waals surface area contributed by atoms with Crippen LogP contribution in [0.3, 0.4) is 0 Å². The first-order valence-electron chi connectivity index (χ1n) is 6.52. The minimum atomic E-state index is -0.852.